The number of hydrogen-bond donors (Lipinski definition) is 2. The van der Waals surface area contributed by atoms with Gasteiger partial charge in [-0.05, 0) is 42.3 Å². The average Bonchev–Trinajstić information content (AvgIpc) is 2.75. The maximum atomic E-state index is 12.3. The number of halogens is 2. The molecule has 0 aliphatic carbocycles. The summed E-state index contributed by atoms with van der Waals surface area (Å²) in [6, 6.07) is 12.6. The molecule has 30 heavy (non-hydrogen) atoms. The Morgan fingerprint density at radius 1 is 1.17 bits per heavy atom. The smallest absolute Gasteiger partial charge is 0.315 e. The predicted molar refractivity (Wildman–Crippen MR) is 119 cm³/mol. The van der Waals surface area contributed by atoms with Crippen LogP contribution in [0, 0.1) is 0 Å². The van der Waals surface area contributed by atoms with Gasteiger partial charge in [0.05, 0.1) is 29.3 Å². The highest BCUT2D eigenvalue weighted by molar-refractivity contribution is 6.42. The quantitative estimate of drug-likeness (QED) is 0.628. The van der Waals surface area contributed by atoms with Crippen LogP contribution in [0.15, 0.2) is 42.5 Å². The number of nitrogens with one attached hydrogen (secondary N) is 2. The summed E-state index contributed by atoms with van der Waals surface area (Å²) >= 11 is 12.0. The van der Waals surface area contributed by atoms with Gasteiger partial charge in [-0.3, -0.25) is 4.90 Å². The zero-order valence-corrected chi connectivity index (χ0v) is 18.5. The number of benzene rings is 2. The topological polar surface area (TPSA) is 62.8 Å². The van der Waals surface area contributed by atoms with Gasteiger partial charge in [-0.25, -0.2) is 4.79 Å². The molecule has 2 N–H and O–H groups in total. The van der Waals surface area contributed by atoms with Crippen molar-refractivity contribution in [2.24, 2.45) is 0 Å². The minimum absolute atomic E-state index is 0.199. The van der Waals surface area contributed by atoms with Crippen molar-refractivity contribution in [3.8, 4) is 5.75 Å². The number of morpholine rings is 1. The lowest BCUT2D eigenvalue weighted by Crippen LogP contribution is -2.38. The predicted octanol–water partition coefficient (Wildman–Crippen LogP) is 4.26. The van der Waals surface area contributed by atoms with E-state index in [1.54, 1.807) is 12.1 Å². The van der Waals surface area contributed by atoms with E-state index in [0.29, 0.717) is 23.2 Å². The molecule has 1 aliphatic rings. The van der Waals surface area contributed by atoms with Crippen LogP contribution in [0.25, 0.3) is 0 Å². The molecule has 2 aromatic carbocycles. The van der Waals surface area contributed by atoms with E-state index in [2.05, 4.69) is 15.5 Å². The molecule has 8 heteroatoms. The molecule has 0 aromatic heterocycles. The monoisotopic (exact) mass is 451 g/mol. The standard InChI is InChI=1S/C22H27Cl2N3O3/c1-16(18-5-6-20(23)21(24)14-18)26-22(28)25-15-17-3-2-4-19(13-17)30-12-9-27-7-10-29-11-8-27/h2-6,13-14,16H,7-12,15H2,1H3,(H2,25,26,28). The van der Waals surface area contributed by atoms with Crippen molar-refractivity contribution in [2.75, 3.05) is 39.5 Å². The zero-order valence-electron chi connectivity index (χ0n) is 17.0. The van der Waals surface area contributed by atoms with Crippen molar-refractivity contribution in [3.05, 3.63) is 63.6 Å². The van der Waals surface area contributed by atoms with Gasteiger partial charge in [-0.1, -0.05) is 41.4 Å². The summed E-state index contributed by atoms with van der Waals surface area (Å²) in [4.78, 5) is 14.6. The van der Waals surface area contributed by atoms with Crippen molar-refractivity contribution in [1.29, 1.82) is 0 Å². The van der Waals surface area contributed by atoms with Gasteiger partial charge in [0.15, 0.2) is 0 Å². The van der Waals surface area contributed by atoms with Gasteiger partial charge >= 0.3 is 6.03 Å². The number of amides is 2. The van der Waals surface area contributed by atoms with Crippen LogP contribution in [0.5, 0.6) is 5.75 Å². The van der Waals surface area contributed by atoms with Crippen LogP contribution in [0.2, 0.25) is 10.0 Å². The molecular formula is C22H27Cl2N3O3. The molecule has 1 saturated heterocycles. The van der Waals surface area contributed by atoms with Crippen molar-refractivity contribution in [1.82, 2.24) is 15.5 Å². The summed E-state index contributed by atoms with van der Waals surface area (Å²) in [6.07, 6.45) is 0. The molecule has 1 atom stereocenters. The minimum Gasteiger partial charge on any atom is -0.492 e. The fourth-order valence-electron chi connectivity index (χ4n) is 3.16. The van der Waals surface area contributed by atoms with Crippen LogP contribution < -0.4 is 15.4 Å². The molecule has 162 valence electrons. The molecule has 6 nitrogen and oxygen atoms in total. The summed E-state index contributed by atoms with van der Waals surface area (Å²) in [5.74, 6) is 0.798. The molecule has 0 bridgehead atoms. The van der Waals surface area contributed by atoms with Crippen LogP contribution >= 0.6 is 23.2 Å². The van der Waals surface area contributed by atoms with Gasteiger partial charge in [0.1, 0.15) is 12.4 Å². The summed E-state index contributed by atoms with van der Waals surface area (Å²) in [5.41, 5.74) is 1.85. The first-order chi connectivity index (χ1) is 14.5. The molecule has 1 heterocycles. The number of carbonyl (C=O) groups is 1. The molecule has 1 fully saturated rings. The summed E-state index contributed by atoms with van der Waals surface area (Å²) in [6.45, 7) is 7.26. The molecule has 1 aliphatic heterocycles. The number of urea groups is 1. The lowest BCUT2D eigenvalue weighted by molar-refractivity contribution is 0.0322. The Morgan fingerprint density at radius 2 is 1.97 bits per heavy atom. The maximum Gasteiger partial charge on any atom is 0.315 e. The van der Waals surface area contributed by atoms with E-state index in [4.69, 9.17) is 32.7 Å². The highest BCUT2D eigenvalue weighted by atomic mass is 35.5. The van der Waals surface area contributed by atoms with Crippen molar-refractivity contribution < 1.29 is 14.3 Å². The zero-order chi connectivity index (χ0) is 21.3. The first kappa shape index (κ1) is 22.7. The van der Waals surface area contributed by atoms with Crippen LogP contribution in [0.3, 0.4) is 0 Å². The van der Waals surface area contributed by atoms with E-state index in [1.807, 2.05) is 37.3 Å². The van der Waals surface area contributed by atoms with Gasteiger partial charge in [0.2, 0.25) is 0 Å². The lowest BCUT2D eigenvalue weighted by Gasteiger charge is -2.26. The molecule has 0 radical (unpaired) electrons. The van der Waals surface area contributed by atoms with Gasteiger partial charge in [0.25, 0.3) is 0 Å². The summed E-state index contributed by atoms with van der Waals surface area (Å²) in [5, 5.41) is 6.73. The van der Waals surface area contributed by atoms with Gasteiger partial charge in [-0.15, -0.1) is 0 Å². The molecule has 2 aromatic rings. The van der Waals surface area contributed by atoms with E-state index in [0.717, 1.165) is 49.7 Å². The number of nitrogens with zero attached hydrogens (tertiary/aromatic N) is 1. The SMILES string of the molecule is CC(NC(=O)NCc1cccc(OCCN2CCOCC2)c1)c1ccc(Cl)c(Cl)c1. The van der Waals surface area contributed by atoms with Gasteiger partial charge < -0.3 is 20.1 Å². The van der Waals surface area contributed by atoms with Crippen molar-refractivity contribution >= 4 is 29.2 Å². The van der Waals surface area contributed by atoms with Crippen LogP contribution in [0.1, 0.15) is 24.1 Å². The molecule has 3 rings (SSSR count). The third-order valence-corrected chi connectivity index (χ3v) is 5.66. The number of carbonyl (C=O) groups excluding carboxylic acids is 1. The lowest BCUT2D eigenvalue weighted by atomic mass is 10.1. The number of rotatable bonds is 8. The molecular weight excluding hydrogens is 425 g/mol. The molecule has 1 unspecified atom stereocenters. The average molecular weight is 452 g/mol. The van der Waals surface area contributed by atoms with Gasteiger partial charge in [-0.2, -0.15) is 0 Å². The number of ether oxygens (including phenoxy) is 2. The Hall–Kier alpha value is -1.99. The van der Waals surface area contributed by atoms with Crippen molar-refractivity contribution in [2.45, 2.75) is 19.5 Å². The molecule has 0 spiro atoms. The number of hydrogen-bond acceptors (Lipinski definition) is 4. The van der Waals surface area contributed by atoms with E-state index < -0.39 is 0 Å². The Labute approximate surface area is 187 Å². The second-order valence-corrected chi connectivity index (χ2v) is 7.99. The fourth-order valence-corrected chi connectivity index (χ4v) is 3.46. The van der Waals surface area contributed by atoms with Crippen LogP contribution in [-0.4, -0.2) is 50.4 Å². The summed E-state index contributed by atoms with van der Waals surface area (Å²) in [7, 11) is 0. The Morgan fingerprint density at radius 3 is 2.73 bits per heavy atom. The van der Waals surface area contributed by atoms with E-state index in [9.17, 15) is 4.79 Å². The van der Waals surface area contributed by atoms with E-state index in [1.165, 1.54) is 0 Å². The minimum atomic E-state index is -0.257. The second-order valence-electron chi connectivity index (χ2n) is 7.17. The van der Waals surface area contributed by atoms with E-state index >= 15 is 0 Å². The fraction of sp³-hybridized carbons (Fsp3) is 0.409. The normalized spacial score (nSPS) is 15.4. The summed E-state index contributed by atoms with van der Waals surface area (Å²) < 4.78 is 11.2. The van der Waals surface area contributed by atoms with Crippen LogP contribution in [0.4, 0.5) is 4.79 Å². The van der Waals surface area contributed by atoms with E-state index in [-0.39, 0.29) is 12.1 Å². The third-order valence-electron chi connectivity index (χ3n) is 4.92. The first-order valence-electron chi connectivity index (χ1n) is 10.0. The van der Waals surface area contributed by atoms with Gasteiger partial charge in [0, 0.05) is 26.2 Å². The van der Waals surface area contributed by atoms with Crippen molar-refractivity contribution in [3.63, 3.8) is 0 Å². The first-order valence-corrected chi connectivity index (χ1v) is 10.8. The Kier molecular flexibility index (Phi) is 8.63. The highest BCUT2D eigenvalue weighted by Gasteiger charge is 2.12. The molecule has 0 saturated carbocycles. The highest BCUT2D eigenvalue weighted by Crippen LogP contribution is 2.25. The van der Waals surface area contributed by atoms with Crippen LogP contribution in [-0.2, 0) is 11.3 Å². The Bertz CT molecular complexity index is 844. The maximum absolute atomic E-state index is 12.3. The largest absolute Gasteiger partial charge is 0.492 e. The second kappa shape index (κ2) is 11.4. The Balaban J connectivity index is 1.42. The molecule has 2 amide bonds. The third kappa shape index (κ3) is 7.06.